The van der Waals surface area contributed by atoms with Crippen LogP contribution in [0.15, 0.2) is 85.5 Å². The fraction of sp³-hybridized carbons (Fsp3) is 0.0500. The number of nitrogens with zero attached hydrogens (tertiary/aromatic N) is 2. The first kappa shape index (κ1) is 13.7. The van der Waals surface area contributed by atoms with Gasteiger partial charge in [0.15, 0.2) is 0 Å². The molecule has 0 aliphatic carbocycles. The number of rotatable bonds is 3. The zero-order chi connectivity index (χ0) is 15.6. The molecule has 0 spiro atoms. The number of hydrogen-bond acceptors (Lipinski definition) is 1. The van der Waals surface area contributed by atoms with Crippen LogP contribution in [0.1, 0.15) is 17.2 Å². The molecular weight excluding hydrogens is 287 g/mol. The van der Waals surface area contributed by atoms with Crippen molar-refractivity contribution >= 4 is 10.8 Å². The molecule has 1 atom stereocenters. The minimum Gasteiger partial charge on any atom is -0.326 e. The maximum atomic E-state index is 13.3. The molecule has 4 aromatic rings. The number of benzene rings is 3. The molecule has 1 aromatic heterocycles. The van der Waals surface area contributed by atoms with Crippen molar-refractivity contribution in [1.29, 1.82) is 0 Å². The Morgan fingerprint density at radius 2 is 1.65 bits per heavy atom. The van der Waals surface area contributed by atoms with Gasteiger partial charge in [0.2, 0.25) is 0 Å². The molecule has 23 heavy (non-hydrogen) atoms. The summed E-state index contributed by atoms with van der Waals surface area (Å²) >= 11 is 0. The van der Waals surface area contributed by atoms with Crippen LogP contribution in [0.3, 0.4) is 0 Å². The topological polar surface area (TPSA) is 17.8 Å². The molecule has 0 aliphatic rings. The molecule has 3 heteroatoms. The van der Waals surface area contributed by atoms with E-state index in [4.69, 9.17) is 0 Å². The average molecular weight is 302 g/mol. The molecule has 3 aromatic carbocycles. The molecule has 4 rings (SSSR count). The Morgan fingerprint density at radius 3 is 2.43 bits per heavy atom. The number of imidazole rings is 1. The fourth-order valence-electron chi connectivity index (χ4n) is 3.07. The molecule has 2 nitrogen and oxygen atoms in total. The van der Waals surface area contributed by atoms with Crippen LogP contribution in [0.2, 0.25) is 0 Å². The van der Waals surface area contributed by atoms with Gasteiger partial charge in [-0.3, -0.25) is 0 Å². The monoisotopic (exact) mass is 302 g/mol. The Labute approximate surface area is 133 Å². The van der Waals surface area contributed by atoms with Crippen LogP contribution in [0.5, 0.6) is 0 Å². The normalized spacial score (nSPS) is 12.4. The highest BCUT2D eigenvalue weighted by Gasteiger charge is 2.18. The van der Waals surface area contributed by atoms with Crippen LogP contribution in [0.25, 0.3) is 10.8 Å². The van der Waals surface area contributed by atoms with Gasteiger partial charge < -0.3 is 4.57 Å². The maximum Gasteiger partial charge on any atom is 0.123 e. The lowest BCUT2D eigenvalue weighted by Gasteiger charge is -2.21. The van der Waals surface area contributed by atoms with Crippen molar-refractivity contribution in [1.82, 2.24) is 9.55 Å². The molecule has 0 saturated heterocycles. The van der Waals surface area contributed by atoms with Gasteiger partial charge in [0, 0.05) is 12.4 Å². The average Bonchev–Trinajstić information content (AvgIpc) is 3.11. The van der Waals surface area contributed by atoms with Crippen LogP contribution in [0.4, 0.5) is 4.39 Å². The summed E-state index contributed by atoms with van der Waals surface area (Å²) in [6.07, 6.45) is 5.51. The maximum absolute atomic E-state index is 13.3. The van der Waals surface area contributed by atoms with Crippen LogP contribution in [-0.4, -0.2) is 9.55 Å². The first-order valence-corrected chi connectivity index (χ1v) is 7.53. The minimum absolute atomic E-state index is 0.0378. The van der Waals surface area contributed by atoms with Gasteiger partial charge in [-0.2, -0.15) is 0 Å². The van der Waals surface area contributed by atoms with E-state index in [1.807, 2.05) is 30.5 Å². The van der Waals surface area contributed by atoms with Crippen LogP contribution < -0.4 is 0 Å². The molecule has 0 saturated carbocycles. The van der Waals surface area contributed by atoms with Gasteiger partial charge in [-0.25, -0.2) is 9.37 Å². The van der Waals surface area contributed by atoms with E-state index in [2.05, 4.69) is 39.9 Å². The fourth-order valence-corrected chi connectivity index (χ4v) is 3.07. The summed E-state index contributed by atoms with van der Waals surface area (Å²) in [6.45, 7) is 0. The van der Waals surface area contributed by atoms with Crippen molar-refractivity contribution < 1.29 is 4.39 Å². The Morgan fingerprint density at radius 1 is 0.870 bits per heavy atom. The van der Waals surface area contributed by atoms with Crippen molar-refractivity contribution in [3.63, 3.8) is 0 Å². The van der Waals surface area contributed by atoms with E-state index in [1.165, 1.54) is 28.5 Å². The highest BCUT2D eigenvalue weighted by Crippen LogP contribution is 2.32. The van der Waals surface area contributed by atoms with E-state index in [0.29, 0.717) is 0 Å². The lowest BCUT2D eigenvalue weighted by molar-refractivity contribution is 0.623. The summed E-state index contributed by atoms with van der Waals surface area (Å²) < 4.78 is 15.4. The zero-order valence-electron chi connectivity index (χ0n) is 12.4. The number of halogens is 1. The SMILES string of the molecule is Fc1ccc(C(c2cccc3ccccc23)n2ccnc2)cc1. The molecule has 1 heterocycles. The molecule has 0 radical (unpaired) electrons. The van der Waals surface area contributed by atoms with Crippen molar-refractivity contribution in [2.24, 2.45) is 0 Å². The van der Waals surface area contributed by atoms with Crippen LogP contribution >= 0.6 is 0 Å². The summed E-state index contributed by atoms with van der Waals surface area (Å²) in [6, 6.07) is 21.2. The molecule has 0 amide bonds. The highest BCUT2D eigenvalue weighted by atomic mass is 19.1. The summed E-state index contributed by atoms with van der Waals surface area (Å²) in [7, 11) is 0. The van der Waals surface area contributed by atoms with E-state index < -0.39 is 0 Å². The molecule has 0 fully saturated rings. The molecular formula is C20H15FN2. The van der Waals surface area contributed by atoms with Crippen LogP contribution in [-0.2, 0) is 0 Å². The van der Waals surface area contributed by atoms with Crippen LogP contribution in [0, 0.1) is 5.82 Å². The highest BCUT2D eigenvalue weighted by molar-refractivity contribution is 5.86. The third kappa shape index (κ3) is 2.50. The quantitative estimate of drug-likeness (QED) is 0.531. The number of fused-ring (bicyclic) bond motifs is 1. The lowest BCUT2D eigenvalue weighted by atomic mass is 9.93. The standard InChI is InChI=1S/C20H15FN2/c21-17-10-8-16(9-11-17)20(23-13-12-22-14-23)19-7-3-5-15-4-1-2-6-18(15)19/h1-14,20H. The summed E-state index contributed by atoms with van der Waals surface area (Å²) in [4.78, 5) is 4.18. The summed E-state index contributed by atoms with van der Waals surface area (Å²) in [5.41, 5.74) is 2.20. The predicted molar refractivity (Wildman–Crippen MR) is 89.8 cm³/mol. The zero-order valence-corrected chi connectivity index (χ0v) is 12.4. The summed E-state index contributed by atoms with van der Waals surface area (Å²) in [5.74, 6) is -0.226. The first-order valence-electron chi connectivity index (χ1n) is 7.53. The van der Waals surface area contributed by atoms with Gasteiger partial charge in [0.25, 0.3) is 0 Å². The summed E-state index contributed by atoms with van der Waals surface area (Å²) in [5, 5.41) is 2.38. The number of hydrogen-bond donors (Lipinski definition) is 0. The Bertz CT molecular complexity index is 922. The van der Waals surface area contributed by atoms with Crippen molar-refractivity contribution in [2.45, 2.75) is 6.04 Å². The van der Waals surface area contributed by atoms with Gasteiger partial charge in [0.1, 0.15) is 5.82 Å². The van der Waals surface area contributed by atoms with Crippen molar-refractivity contribution in [3.8, 4) is 0 Å². The number of aromatic nitrogens is 2. The third-order valence-electron chi connectivity index (χ3n) is 4.13. The lowest BCUT2D eigenvalue weighted by Crippen LogP contribution is -2.11. The van der Waals surface area contributed by atoms with E-state index in [9.17, 15) is 4.39 Å². The van der Waals surface area contributed by atoms with E-state index in [-0.39, 0.29) is 11.9 Å². The van der Waals surface area contributed by atoms with Gasteiger partial charge >= 0.3 is 0 Å². The molecule has 112 valence electrons. The Kier molecular flexibility index (Phi) is 3.39. The van der Waals surface area contributed by atoms with Gasteiger partial charge in [-0.05, 0) is 34.0 Å². The molecule has 0 bridgehead atoms. The Balaban J connectivity index is 1.96. The molecule has 1 unspecified atom stereocenters. The predicted octanol–water partition coefficient (Wildman–Crippen LogP) is 4.81. The van der Waals surface area contributed by atoms with E-state index in [1.54, 1.807) is 12.5 Å². The van der Waals surface area contributed by atoms with Crippen molar-refractivity contribution in [2.75, 3.05) is 0 Å². The largest absolute Gasteiger partial charge is 0.326 e. The van der Waals surface area contributed by atoms with Crippen molar-refractivity contribution in [3.05, 3.63) is 102 Å². The van der Waals surface area contributed by atoms with Gasteiger partial charge in [-0.1, -0.05) is 54.6 Å². The molecule has 0 aliphatic heterocycles. The second kappa shape index (κ2) is 5.69. The first-order chi connectivity index (χ1) is 11.3. The van der Waals surface area contributed by atoms with E-state index in [0.717, 1.165) is 5.56 Å². The second-order valence-electron chi connectivity index (χ2n) is 5.53. The second-order valence-corrected chi connectivity index (χ2v) is 5.53. The van der Waals surface area contributed by atoms with Gasteiger partial charge in [0.05, 0.1) is 12.4 Å². The molecule has 0 N–H and O–H groups in total. The Hall–Kier alpha value is -2.94. The third-order valence-corrected chi connectivity index (χ3v) is 4.13. The minimum atomic E-state index is -0.226. The smallest absolute Gasteiger partial charge is 0.123 e. The van der Waals surface area contributed by atoms with E-state index >= 15 is 0 Å². The van der Waals surface area contributed by atoms with Gasteiger partial charge in [-0.15, -0.1) is 0 Å².